The third-order valence-electron chi connectivity index (χ3n) is 3.59. The van der Waals surface area contributed by atoms with Gasteiger partial charge in [0.05, 0.1) is 26.7 Å². The third-order valence-corrected chi connectivity index (χ3v) is 3.59. The van der Waals surface area contributed by atoms with Crippen LogP contribution < -0.4 is 0 Å². The average Bonchev–Trinajstić information content (AvgIpc) is 2.89. The zero-order chi connectivity index (χ0) is 14.0. The molecule has 2 rings (SSSR count). The van der Waals surface area contributed by atoms with Gasteiger partial charge in [0.25, 0.3) is 0 Å². The summed E-state index contributed by atoms with van der Waals surface area (Å²) in [6, 6.07) is 0. The van der Waals surface area contributed by atoms with Gasteiger partial charge in [0.15, 0.2) is 12.4 Å². The van der Waals surface area contributed by atoms with E-state index in [1.165, 1.54) is 7.11 Å². The number of esters is 2. The minimum atomic E-state index is -0.643. The second kappa shape index (κ2) is 5.46. The molecule has 2 heterocycles. The Bertz CT molecular complexity index is 364. The van der Waals surface area contributed by atoms with Crippen LogP contribution in [0.4, 0.5) is 0 Å². The van der Waals surface area contributed by atoms with Gasteiger partial charge in [-0.2, -0.15) is 0 Å². The molecule has 19 heavy (non-hydrogen) atoms. The van der Waals surface area contributed by atoms with Crippen molar-refractivity contribution in [3.63, 3.8) is 0 Å². The van der Waals surface area contributed by atoms with Crippen molar-refractivity contribution in [1.82, 2.24) is 0 Å². The van der Waals surface area contributed by atoms with Crippen LogP contribution in [0, 0.1) is 11.3 Å². The number of cyclic esters (lactones) is 1. The van der Waals surface area contributed by atoms with Crippen LogP contribution in [-0.4, -0.2) is 44.7 Å². The molecule has 0 unspecified atom stereocenters. The van der Waals surface area contributed by atoms with Crippen LogP contribution in [-0.2, 0) is 28.5 Å². The Labute approximate surface area is 112 Å². The SMILES string of the molecule is COC(=O)C[C@@H]1CCO[C@@H]1O[C@H]1C(=O)OCC1(C)C. The van der Waals surface area contributed by atoms with Gasteiger partial charge in [-0.15, -0.1) is 0 Å². The van der Waals surface area contributed by atoms with Gasteiger partial charge < -0.3 is 18.9 Å². The van der Waals surface area contributed by atoms with Crippen molar-refractivity contribution in [3.8, 4) is 0 Å². The second-order valence-corrected chi connectivity index (χ2v) is 5.68. The molecule has 2 aliphatic rings. The van der Waals surface area contributed by atoms with Gasteiger partial charge in [0, 0.05) is 11.3 Å². The molecule has 0 aliphatic carbocycles. The highest BCUT2D eigenvalue weighted by Crippen LogP contribution is 2.35. The highest BCUT2D eigenvalue weighted by Gasteiger charge is 2.47. The van der Waals surface area contributed by atoms with Crippen molar-refractivity contribution in [2.24, 2.45) is 11.3 Å². The molecule has 6 nitrogen and oxygen atoms in total. The molecule has 0 aromatic heterocycles. The summed E-state index contributed by atoms with van der Waals surface area (Å²) < 4.78 is 20.9. The van der Waals surface area contributed by atoms with Crippen molar-refractivity contribution in [3.05, 3.63) is 0 Å². The Hall–Kier alpha value is -1.14. The first kappa shape index (κ1) is 14.3. The van der Waals surface area contributed by atoms with Crippen molar-refractivity contribution in [1.29, 1.82) is 0 Å². The summed E-state index contributed by atoms with van der Waals surface area (Å²) in [4.78, 5) is 23.0. The third kappa shape index (κ3) is 3.06. The van der Waals surface area contributed by atoms with Crippen LogP contribution >= 0.6 is 0 Å². The molecule has 2 fully saturated rings. The second-order valence-electron chi connectivity index (χ2n) is 5.68. The lowest BCUT2D eigenvalue weighted by molar-refractivity contribution is -0.190. The van der Waals surface area contributed by atoms with E-state index in [1.54, 1.807) is 0 Å². The van der Waals surface area contributed by atoms with Crippen molar-refractivity contribution < 1.29 is 28.5 Å². The van der Waals surface area contributed by atoms with E-state index in [2.05, 4.69) is 4.74 Å². The minimum Gasteiger partial charge on any atom is -0.469 e. The first-order valence-corrected chi connectivity index (χ1v) is 6.44. The maximum atomic E-state index is 11.7. The van der Waals surface area contributed by atoms with E-state index in [-0.39, 0.29) is 29.7 Å². The fourth-order valence-corrected chi connectivity index (χ4v) is 2.36. The van der Waals surface area contributed by atoms with E-state index < -0.39 is 12.4 Å². The summed E-state index contributed by atoms with van der Waals surface area (Å²) >= 11 is 0. The summed E-state index contributed by atoms with van der Waals surface area (Å²) in [5.74, 6) is -0.730. The largest absolute Gasteiger partial charge is 0.469 e. The van der Waals surface area contributed by atoms with Gasteiger partial charge in [0.2, 0.25) is 0 Å². The smallest absolute Gasteiger partial charge is 0.336 e. The van der Waals surface area contributed by atoms with Gasteiger partial charge in [-0.05, 0) is 6.42 Å². The molecule has 2 saturated heterocycles. The van der Waals surface area contributed by atoms with Crippen LogP contribution in [0.5, 0.6) is 0 Å². The maximum absolute atomic E-state index is 11.7. The molecule has 2 aliphatic heterocycles. The molecule has 0 radical (unpaired) electrons. The van der Waals surface area contributed by atoms with Crippen LogP contribution in [0.15, 0.2) is 0 Å². The topological polar surface area (TPSA) is 71.1 Å². The fourth-order valence-electron chi connectivity index (χ4n) is 2.36. The Morgan fingerprint density at radius 3 is 2.79 bits per heavy atom. The average molecular weight is 272 g/mol. The highest BCUT2D eigenvalue weighted by molar-refractivity contribution is 5.77. The number of ether oxygens (including phenoxy) is 4. The summed E-state index contributed by atoms with van der Waals surface area (Å²) in [7, 11) is 1.35. The lowest BCUT2D eigenvalue weighted by Crippen LogP contribution is -2.38. The molecule has 3 atom stereocenters. The number of carbonyl (C=O) groups excluding carboxylic acids is 2. The van der Waals surface area contributed by atoms with E-state index in [1.807, 2.05) is 13.8 Å². The van der Waals surface area contributed by atoms with Crippen LogP contribution in [0.1, 0.15) is 26.7 Å². The Morgan fingerprint density at radius 2 is 2.21 bits per heavy atom. The van der Waals surface area contributed by atoms with Crippen molar-refractivity contribution >= 4 is 11.9 Å². The Kier molecular flexibility index (Phi) is 4.10. The van der Waals surface area contributed by atoms with Gasteiger partial charge in [-0.3, -0.25) is 4.79 Å². The first-order valence-electron chi connectivity index (χ1n) is 6.44. The number of rotatable bonds is 4. The molecular weight excluding hydrogens is 252 g/mol. The fraction of sp³-hybridized carbons (Fsp3) is 0.846. The van der Waals surface area contributed by atoms with Gasteiger partial charge in [0.1, 0.15) is 0 Å². The summed E-state index contributed by atoms with van der Waals surface area (Å²) in [5, 5.41) is 0. The van der Waals surface area contributed by atoms with E-state index in [4.69, 9.17) is 14.2 Å². The molecule has 0 saturated carbocycles. The molecule has 0 aromatic rings. The van der Waals surface area contributed by atoms with Crippen molar-refractivity contribution in [2.75, 3.05) is 20.3 Å². The molecule has 0 bridgehead atoms. The van der Waals surface area contributed by atoms with Crippen LogP contribution in [0.3, 0.4) is 0 Å². The van der Waals surface area contributed by atoms with Gasteiger partial charge in [-0.1, -0.05) is 13.8 Å². The van der Waals surface area contributed by atoms with Crippen LogP contribution in [0.2, 0.25) is 0 Å². The molecule has 108 valence electrons. The monoisotopic (exact) mass is 272 g/mol. The Balaban J connectivity index is 1.97. The summed E-state index contributed by atoms with van der Waals surface area (Å²) in [6.07, 6.45) is -0.226. The molecule has 0 amide bonds. The summed E-state index contributed by atoms with van der Waals surface area (Å²) in [6.45, 7) is 4.68. The zero-order valence-corrected chi connectivity index (χ0v) is 11.5. The van der Waals surface area contributed by atoms with Crippen LogP contribution in [0.25, 0.3) is 0 Å². The quantitative estimate of drug-likeness (QED) is 0.707. The number of hydrogen-bond acceptors (Lipinski definition) is 6. The molecule has 0 aromatic carbocycles. The van der Waals surface area contributed by atoms with E-state index in [9.17, 15) is 9.59 Å². The van der Waals surface area contributed by atoms with Crippen molar-refractivity contribution in [2.45, 2.75) is 39.1 Å². The van der Waals surface area contributed by atoms with E-state index in [0.29, 0.717) is 13.2 Å². The summed E-state index contributed by atoms with van der Waals surface area (Å²) in [5.41, 5.74) is -0.376. The van der Waals surface area contributed by atoms with Gasteiger partial charge >= 0.3 is 11.9 Å². The number of carbonyl (C=O) groups is 2. The normalized spacial score (nSPS) is 33.2. The predicted molar refractivity (Wildman–Crippen MR) is 64.1 cm³/mol. The zero-order valence-electron chi connectivity index (χ0n) is 11.5. The lowest BCUT2D eigenvalue weighted by Gasteiger charge is -2.27. The minimum absolute atomic E-state index is 0.0725. The first-order chi connectivity index (χ1) is 8.94. The molecule has 6 heteroatoms. The molecule has 0 spiro atoms. The molecule has 0 N–H and O–H groups in total. The van der Waals surface area contributed by atoms with E-state index >= 15 is 0 Å². The lowest BCUT2D eigenvalue weighted by atomic mass is 9.89. The molecular formula is C13H20O6. The number of methoxy groups -OCH3 is 1. The number of hydrogen-bond donors (Lipinski definition) is 0. The standard InChI is InChI=1S/C13H20O6/c1-13(2)7-18-11(15)10(13)19-12-8(4-5-17-12)6-9(14)16-3/h8,10,12H,4-7H2,1-3H3/t8-,10-,12+/m0/s1. The maximum Gasteiger partial charge on any atom is 0.336 e. The van der Waals surface area contributed by atoms with E-state index in [0.717, 1.165) is 6.42 Å². The Morgan fingerprint density at radius 1 is 1.47 bits per heavy atom. The highest BCUT2D eigenvalue weighted by atomic mass is 16.7. The predicted octanol–water partition coefficient (Wildman–Crippen LogP) is 0.880. The van der Waals surface area contributed by atoms with Gasteiger partial charge in [-0.25, -0.2) is 4.79 Å².